The lowest BCUT2D eigenvalue weighted by molar-refractivity contribution is 0.0903. The molecule has 3 rings (SSSR count). The number of carbonyl (C=O) groups excluding carboxylic acids is 1. The van der Waals surface area contributed by atoms with E-state index in [2.05, 4.69) is 10.3 Å². The Bertz CT molecular complexity index is 624. The SMILES string of the molecule is NCC1CCCCC1NC(=O)c1coc(-c2ccccc2)n1. The first kappa shape index (κ1) is 14.8. The fourth-order valence-corrected chi connectivity index (χ4v) is 3.01. The summed E-state index contributed by atoms with van der Waals surface area (Å²) >= 11 is 0. The van der Waals surface area contributed by atoms with Gasteiger partial charge in [0.2, 0.25) is 5.89 Å². The Labute approximate surface area is 129 Å². The van der Waals surface area contributed by atoms with Crippen molar-refractivity contribution in [3.63, 3.8) is 0 Å². The van der Waals surface area contributed by atoms with Crippen LogP contribution in [0, 0.1) is 5.92 Å². The van der Waals surface area contributed by atoms with Gasteiger partial charge in [0.25, 0.3) is 5.91 Å². The first-order valence-electron chi connectivity index (χ1n) is 7.80. The van der Waals surface area contributed by atoms with Crippen molar-refractivity contribution in [2.24, 2.45) is 11.7 Å². The van der Waals surface area contributed by atoms with Crippen molar-refractivity contribution in [1.29, 1.82) is 0 Å². The summed E-state index contributed by atoms with van der Waals surface area (Å²) in [5, 5.41) is 3.06. The lowest BCUT2D eigenvalue weighted by Gasteiger charge is -2.30. The monoisotopic (exact) mass is 299 g/mol. The maximum atomic E-state index is 12.3. The largest absolute Gasteiger partial charge is 0.444 e. The van der Waals surface area contributed by atoms with Gasteiger partial charge >= 0.3 is 0 Å². The van der Waals surface area contributed by atoms with Crippen LogP contribution in [0.3, 0.4) is 0 Å². The molecular weight excluding hydrogens is 278 g/mol. The molecule has 1 aromatic carbocycles. The van der Waals surface area contributed by atoms with E-state index < -0.39 is 0 Å². The first-order valence-corrected chi connectivity index (χ1v) is 7.80. The minimum Gasteiger partial charge on any atom is -0.444 e. The number of benzene rings is 1. The number of nitrogens with two attached hydrogens (primary N) is 1. The highest BCUT2D eigenvalue weighted by molar-refractivity contribution is 5.92. The minimum absolute atomic E-state index is 0.142. The normalized spacial score (nSPS) is 21.5. The minimum atomic E-state index is -0.184. The van der Waals surface area contributed by atoms with Crippen LogP contribution in [0.4, 0.5) is 0 Å². The van der Waals surface area contributed by atoms with Crippen LogP contribution in [-0.2, 0) is 0 Å². The Balaban J connectivity index is 1.69. The molecule has 1 saturated carbocycles. The molecule has 5 nitrogen and oxygen atoms in total. The predicted molar refractivity (Wildman–Crippen MR) is 84.2 cm³/mol. The molecule has 0 radical (unpaired) electrons. The van der Waals surface area contributed by atoms with Gasteiger partial charge < -0.3 is 15.5 Å². The Morgan fingerprint density at radius 1 is 1.27 bits per heavy atom. The molecule has 1 heterocycles. The van der Waals surface area contributed by atoms with Crippen LogP contribution in [0.15, 0.2) is 41.0 Å². The summed E-state index contributed by atoms with van der Waals surface area (Å²) < 4.78 is 5.42. The van der Waals surface area contributed by atoms with Crippen molar-refractivity contribution in [2.75, 3.05) is 6.54 Å². The third-order valence-corrected chi connectivity index (χ3v) is 4.29. The van der Waals surface area contributed by atoms with Crippen LogP contribution in [-0.4, -0.2) is 23.5 Å². The van der Waals surface area contributed by atoms with E-state index >= 15 is 0 Å². The van der Waals surface area contributed by atoms with Crippen LogP contribution in [0.1, 0.15) is 36.2 Å². The number of nitrogens with zero attached hydrogens (tertiary/aromatic N) is 1. The molecule has 1 aromatic heterocycles. The van der Waals surface area contributed by atoms with Crippen LogP contribution in [0.25, 0.3) is 11.5 Å². The van der Waals surface area contributed by atoms with Crippen molar-refractivity contribution in [3.05, 3.63) is 42.3 Å². The Morgan fingerprint density at radius 2 is 2.05 bits per heavy atom. The van der Waals surface area contributed by atoms with Gasteiger partial charge in [-0.15, -0.1) is 0 Å². The average molecular weight is 299 g/mol. The zero-order valence-corrected chi connectivity index (χ0v) is 12.5. The molecule has 2 aromatic rings. The second kappa shape index (κ2) is 6.75. The van der Waals surface area contributed by atoms with Gasteiger partial charge in [0.15, 0.2) is 5.69 Å². The lowest BCUT2D eigenvalue weighted by atomic mass is 9.84. The van der Waals surface area contributed by atoms with Gasteiger partial charge in [0.1, 0.15) is 6.26 Å². The number of oxazole rings is 1. The summed E-state index contributed by atoms with van der Waals surface area (Å²) in [5.41, 5.74) is 6.98. The summed E-state index contributed by atoms with van der Waals surface area (Å²) in [6.45, 7) is 0.610. The third-order valence-electron chi connectivity index (χ3n) is 4.29. The molecule has 0 spiro atoms. The second-order valence-electron chi connectivity index (χ2n) is 5.76. The van der Waals surface area contributed by atoms with E-state index in [1.54, 1.807) is 0 Å². The van der Waals surface area contributed by atoms with Gasteiger partial charge in [-0.2, -0.15) is 0 Å². The van der Waals surface area contributed by atoms with E-state index in [9.17, 15) is 4.79 Å². The summed E-state index contributed by atoms with van der Waals surface area (Å²) in [7, 11) is 0. The van der Waals surface area contributed by atoms with E-state index in [0.717, 1.165) is 24.8 Å². The Morgan fingerprint density at radius 3 is 2.82 bits per heavy atom. The molecule has 1 amide bonds. The molecule has 2 unspecified atom stereocenters. The number of rotatable bonds is 4. The van der Waals surface area contributed by atoms with Crippen molar-refractivity contribution >= 4 is 5.91 Å². The summed E-state index contributed by atoms with van der Waals surface area (Å²) in [4.78, 5) is 16.6. The highest BCUT2D eigenvalue weighted by atomic mass is 16.3. The maximum absolute atomic E-state index is 12.3. The summed E-state index contributed by atoms with van der Waals surface area (Å²) in [6, 6.07) is 9.69. The standard InChI is InChI=1S/C17H21N3O2/c18-10-13-8-4-5-9-14(13)19-16(21)15-11-22-17(20-15)12-6-2-1-3-7-12/h1-3,6-7,11,13-14H,4-5,8-10,18H2,(H,19,21). The number of nitrogens with one attached hydrogen (secondary N) is 1. The lowest BCUT2D eigenvalue weighted by Crippen LogP contribution is -2.44. The van der Waals surface area contributed by atoms with Crippen molar-refractivity contribution in [3.8, 4) is 11.5 Å². The van der Waals surface area contributed by atoms with E-state index in [1.165, 1.54) is 12.7 Å². The van der Waals surface area contributed by atoms with Crippen molar-refractivity contribution < 1.29 is 9.21 Å². The van der Waals surface area contributed by atoms with Crippen molar-refractivity contribution in [2.45, 2.75) is 31.7 Å². The van der Waals surface area contributed by atoms with Gasteiger partial charge in [-0.3, -0.25) is 4.79 Å². The molecule has 1 aliphatic carbocycles. The number of carbonyl (C=O) groups is 1. The van der Waals surface area contributed by atoms with Crippen LogP contribution in [0.2, 0.25) is 0 Å². The van der Waals surface area contributed by atoms with E-state index in [-0.39, 0.29) is 11.9 Å². The van der Waals surface area contributed by atoms with Crippen LogP contribution in [0.5, 0.6) is 0 Å². The fraction of sp³-hybridized carbons (Fsp3) is 0.412. The quantitative estimate of drug-likeness (QED) is 0.909. The number of hydrogen-bond donors (Lipinski definition) is 2. The molecule has 0 saturated heterocycles. The maximum Gasteiger partial charge on any atom is 0.273 e. The number of amides is 1. The molecule has 0 aliphatic heterocycles. The van der Waals surface area contributed by atoms with Crippen LogP contribution >= 0.6 is 0 Å². The third kappa shape index (κ3) is 3.20. The molecule has 5 heteroatoms. The smallest absolute Gasteiger partial charge is 0.273 e. The number of hydrogen-bond acceptors (Lipinski definition) is 4. The second-order valence-corrected chi connectivity index (χ2v) is 5.76. The van der Waals surface area contributed by atoms with E-state index in [1.807, 2.05) is 30.3 Å². The molecule has 22 heavy (non-hydrogen) atoms. The highest BCUT2D eigenvalue weighted by Gasteiger charge is 2.26. The zero-order chi connectivity index (χ0) is 15.4. The average Bonchev–Trinajstić information content (AvgIpc) is 3.06. The molecule has 3 N–H and O–H groups in total. The van der Waals surface area contributed by atoms with Gasteiger partial charge in [-0.05, 0) is 37.4 Å². The topological polar surface area (TPSA) is 81.1 Å². The molecule has 116 valence electrons. The first-order chi connectivity index (χ1) is 10.8. The highest BCUT2D eigenvalue weighted by Crippen LogP contribution is 2.24. The predicted octanol–water partition coefficient (Wildman–Crippen LogP) is 2.59. The van der Waals surface area contributed by atoms with Gasteiger partial charge in [0.05, 0.1) is 0 Å². The molecular formula is C17H21N3O2. The summed E-state index contributed by atoms with van der Waals surface area (Å²) in [6.07, 6.45) is 5.80. The number of aromatic nitrogens is 1. The molecule has 1 fully saturated rings. The van der Waals surface area contributed by atoms with E-state index in [4.69, 9.17) is 10.2 Å². The Kier molecular flexibility index (Phi) is 4.53. The fourth-order valence-electron chi connectivity index (χ4n) is 3.01. The van der Waals surface area contributed by atoms with Crippen molar-refractivity contribution in [1.82, 2.24) is 10.3 Å². The zero-order valence-electron chi connectivity index (χ0n) is 12.5. The Hall–Kier alpha value is -2.14. The van der Waals surface area contributed by atoms with Gasteiger partial charge in [0, 0.05) is 11.6 Å². The van der Waals surface area contributed by atoms with Gasteiger partial charge in [-0.1, -0.05) is 31.0 Å². The molecule has 0 bridgehead atoms. The summed E-state index contributed by atoms with van der Waals surface area (Å²) in [5.74, 6) is 0.638. The van der Waals surface area contributed by atoms with E-state index in [0.29, 0.717) is 24.0 Å². The van der Waals surface area contributed by atoms with Crippen LogP contribution < -0.4 is 11.1 Å². The molecule has 2 atom stereocenters. The molecule has 1 aliphatic rings. The van der Waals surface area contributed by atoms with Gasteiger partial charge in [-0.25, -0.2) is 4.98 Å².